The molecule has 1 atom stereocenters. The second kappa shape index (κ2) is 9.35. The molecule has 1 fully saturated rings. The minimum Gasteiger partial charge on any atom is -0.329 e. The van der Waals surface area contributed by atoms with Gasteiger partial charge in [-0.1, -0.05) is 18.2 Å². The van der Waals surface area contributed by atoms with Gasteiger partial charge in [0.05, 0.1) is 18.1 Å². The number of ketones is 1. The number of amides is 1. The molecule has 3 aromatic rings. The lowest BCUT2D eigenvalue weighted by Gasteiger charge is -2.18. The third-order valence-electron chi connectivity index (χ3n) is 5.64. The van der Waals surface area contributed by atoms with E-state index in [1.807, 2.05) is 6.07 Å². The quantitative estimate of drug-likeness (QED) is 0.561. The molecular weight excluding hydrogens is 442 g/mol. The van der Waals surface area contributed by atoms with Gasteiger partial charge in [0, 0.05) is 48.7 Å². The number of benzene rings is 1. The fourth-order valence-corrected chi connectivity index (χ4v) is 3.96. The predicted octanol–water partition coefficient (Wildman–Crippen LogP) is 3.82. The Balaban J connectivity index is 1.51. The van der Waals surface area contributed by atoms with Crippen LogP contribution in [0.5, 0.6) is 0 Å². The first-order valence-electron chi connectivity index (χ1n) is 10.6. The molecule has 1 amide bonds. The topological polar surface area (TPSA) is 107 Å². The van der Waals surface area contributed by atoms with Crippen LogP contribution in [0.25, 0.3) is 23.1 Å². The number of hydrogen-bond donors (Lipinski definition) is 1. The zero-order chi connectivity index (χ0) is 24.3. The summed E-state index contributed by atoms with van der Waals surface area (Å²) in [6.45, 7) is -0.806. The second-order valence-corrected chi connectivity index (χ2v) is 8.10. The number of alkyl halides is 2. The molecule has 1 saturated heterocycles. The number of Topliss-reactive ketones (excluding diaryl/α,β-unsaturated/α-hetero) is 1. The van der Waals surface area contributed by atoms with Gasteiger partial charge in [-0.05, 0) is 35.4 Å². The average Bonchev–Trinajstić information content (AvgIpc) is 3.15. The number of halogens is 2. The van der Waals surface area contributed by atoms with Gasteiger partial charge in [-0.3, -0.25) is 19.4 Å². The predicted molar refractivity (Wildman–Crippen MR) is 122 cm³/mol. The molecule has 4 rings (SSSR count). The third-order valence-corrected chi connectivity index (χ3v) is 5.64. The molecule has 0 saturated carbocycles. The number of aromatic amines is 1. The highest BCUT2D eigenvalue weighted by atomic mass is 19.3. The van der Waals surface area contributed by atoms with Gasteiger partial charge in [0.15, 0.2) is 5.78 Å². The van der Waals surface area contributed by atoms with Crippen molar-refractivity contribution in [2.45, 2.75) is 31.2 Å². The van der Waals surface area contributed by atoms with E-state index in [1.165, 1.54) is 12.3 Å². The number of hydrogen-bond acceptors (Lipinski definition) is 5. The van der Waals surface area contributed by atoms with Crippen molar-refractivity contribution in [3.8, 4) is 6.07 Å². The normalized spacial score (nSPS) is 17.2. The molecule has 1 N–H and O–H groups in total. The average molecular weight is 462 g/mol. The number of fused-ring (bicyclic) bond motifs is 1. The summed E-state index contributed by atoms with van der Waals surface area (Å²) in [6.07, 6.45) is 5.48. The van der Waals surface area contributed by atoms with E-state index in [9.17, 15) is 23.2 Å². The number of aromatic nitrogens is 2. The van der Waals surface area contributed by atoms with E-state index in [1.54, 1.807) is 48.7 Å². The largest absolute Gasteiger partial charge is 0.329 e. The number of carbonyl (C=O) groups is 2. The second-order valence-electron chi connectivity index (χ2n) is 8.10. The molecule has 34 heavy (non-hydrogen) atoms. The Labute approximate surface area is 193 Å². The summed E-state index contributed by atoms with van der Waals surface area (Å²) in [5.74, 6) is -4.06. The van der Waals surface area contributed by atoms with Crippen molar-refractivity contribution in [1.82, 2.24) is 14.9 Å². The molecule has 0 radical (unpaired) electrons. The lowest BCUT2D eigenvalue weighted by atomic mass is 10.00. The molecular formula is C25H20F2N4O3. The standard InChI is InChI=1S/C25H20F2N4O3/c26-25(27)13-18(14-28)31(15-25)24(34)6-5-22(32)19-8-10-29-21-4-3-16(11-20(19)21)1-2-17-7-9-30-23(33)12-17/h1-4,7-12,18H,5-6,13,15H2,(H,30,33)/b2-1+/t18-/m0/s1. The molecule has 0 bridgehead atoms. The highest BCUT2D eigenvalue weighted by Crippen LogP contribution is 2.32. The zero-order valence-electron chi connectivity index (χ0n) is 18.0. The molecule has 1 aliphatic rings. The summed E-state index contributed by atoms with van der Waals surface area (Å²) < 4.78 is 27.2. The highest BCUT2D eigenvalue weighted by Gasteiger charge is 2.47. The van der Waals surface area contributed by atoms with Crippen LogP contribution in [0.2, 0.25) is 0 Å². The summed E-state index contributed by atoms with van der Waals surface area (Å²) >= 11 is 0. The highest BCUT2D eigenvalue weighted by molar-refractivity contribution is 6.08. The van der Waals surface area contributed by atoms with E-state index < -0.39 is 30.8 Å². The van der Waals surface area contributed by atoms with Crippen molar-refractivity contribution in [2.75, 3.05) is 6.54 Å². The summed E-state index contributed by atoms with van der Waals surface area (Å²) in [5, 5.41) is 9.67. The third kappa shape index (κ3) is 5.07. The van der Waals surface area contributed by atoms with Crippen LogP contribution in [0, 0.1) is 11.3 Å². The fraction of sp³-hybridized carbons (Fsp3) is 0.240. The van der Waals surface area contributed by atoms with Crippen LogP contribution in [-0.4, -0.2) is 45.1 Å². The molecule has 0 unspecified atom stereocenters. The number of rotatable bonds is 6. The molecule has 2 aromatic heterocycles. The maximum atomic E-state index is 13.6. The first kappa shape index (κ1) is 23.0. The molecule has 172 valence electrons. The Morgan fingerprint density at radius 2 is 1.94 bits per heavy atom. The summed E-state index contributed by atoms with van der Waals surface area (Å²) in [5.41, 5.74) is 2.24. The van der Waals surface area contributed by atoms with Crippen LogP contribution in [0.4, 0.5) is 8.78 Å². The first-order chi connectivity index (χ1) is 16.3. The monoisotopic (exact) mass is 462 g/mol. The molecule has 9 heteroatoms. The van der Waals surface area contributed by atoms with Gasteiger partial charge < -0.3 is 9.88 Å². The lowest BCUT2D eigenvalue weighted by molar-refractivity contribution is -0.132. The van der Waals surface area contributed by atoms with Crippen molar-refractivity contribution in [3.63, 3.8) is 0 Å². The maximum Gasteiger partial charge on any atom is 0.268 e. The molecule has 1 aliphatic heterocycles. The van der Waals surface area contributed by atoms with E-state index in [-0.39, 0.29) is 24.2 Å². The first-order valence-corrected chi connectivity index (χ1v) is 10.6. The van der Waals surface area contributed by atoms with E-state index in [4.69, 9.17) is 5.26 Å². The van der Waals surface area contributed by atoms with Gasteiger partial charge >= 0.3 is 0 Å². The van der Waals surface area contributed by atoms with Crippen LogP contribution in [0.3, 0.4) is 0 Å². The number of likely N-dealkylation sites (tertiary alicyclic amines) is 1. The summed E-state index contributed by atoms with van der Waals surface area (Å²) in [4.78, 5) is 44.5. The van der Waals surface area contributed by atoms with Gasteiger partial charge in [-0.2, -0.15) is 5.26 Å². The van der Waals surface area contributed by atoms with Crippen LogP contribution in [0.1, 0.15) is 40.7 Å². The van der Waals surface area contributed by atoms with Gasteiger partial charge in [-0.15, -0.1) is 0 Å². The van der Waals surface area contributed by atoms with E-state index in [0.717, 1.165) is 10.5 Å². The Hall–Kier alpha value is -4.19. The Bertz CT molecular complexity index is 1390. The fourth-order valence-electron chi connectivity index (χ4n) is 3.96. The minimum atomic E-state index is -3.10. The van der Waals surface area contributed by atoms with E-state index in [2.05, 4.69) is 9.97 Å². The minimum absolute atomic E-state index is 0.176. The number of carbonyl (C=O) groups excluding carboxylic acids is 2. The smallest absolute Gasteiger partial charge is 0.268 e. The van der Waals surface area contributed by atoms with Crippen molar-refractivity contribution < 1.29 is 18.4 Å². The van der Waals surface area contributed by atoms with Crippen LogP contribution in [0.15, 0.2) is 53.6 Å². The van der Waals surface area contributed by atoms with E-state index in [0.29, 0.717) is 22.0 Å². The molecule has 7 nitrogen and oxygen atoms in total. The van der Waals surface area contributed by atoms with Crippen molar-refractivity contribution >= 4 is 34.7 Å². The van der Waals surface area contributed by atoms with Crippen molar-refractivity contribution in [1.29, 1.82) is 5.26 Å². The van der Waals surface area contributed by atoms with Crippen molar-refractivity contribution in [3.05, 3.63) is 75.8 Å². The zero-order valence-corrected chi connectivity index (χ0v) is 18.0. The number of nitrogens with zero attached hydrogens (tertiary/aromatic N) is 3. The van der Waals surface area contributed by atoms with Gasteiger partial charge in [0.2, 0.25) is 11.5 Å². The molecule has 0 aliphatic carbocycles. The van der Waals surface area contributed by atoms with Gasteiger partial charge in [0.25, 0.3) is 5.92 Å². The Morgan fingerprint density at radius 3 is 2.68 bits per heavy atom. The number of H-pyrrole nitrogens is 1. The van der Waals surface area contributed by atoms with E-state index >= 15 is 0 Å². The number of nitriles is 1. The number of pyridine rings is 2. The molecule has 1 aromatic carbocycles. The molecule has 3 heterocycles. The van der Waals surface area contributed by atoms with Gasteiger partial charge in [0.1, 0.15) is 6.04 Å². The SMILES string of the molecule is N#C[C@@H]1CC(F)(F)CN1C(=O)CCC(=O)c1ccnc2ccc(/C=C/c3cc[nH]c(=O)c3)cc12. The van der Waals surface area contributed by atoms with Gasteiger partial charge in [-0.25, -0.2) is 8.78 Å². The van der Waals surface area contributed by atoms with Crippen molar-refractivity contribution in [2.24, 2.45) is 0 Å². The maximum absolute atomic E-state index is 13.6. The van der Waals surface area contributed by atoms with Crippen LogP contribution >= 0.6 is 0 Å². The van der Waals surface area contributed by atoms with Crippen LogP contribution in [-0.2, 0) is 4.79 Å². The Morgan fingerprint density at radius 1 is 1.18 bits per heavy atom. The lowest BCUT2D eigenvalue weighted by Crippen LogP contribution is -2.36. The van der Waals surface area contributed by atoms with Crippen LogP contribution < -0.4 is 5.56 Å². The Kier molecular flexibility index (Phi) is 6.32. The summed E-state index contributed by atoms with van der Waals surface area (Å²) in [7, 11) is 0. The summed E-state index contributed by atoms with van der Waals surface area (Å²) in [6, 6.07) is 10.7. The number of nitrogens with one attached hydrogen (secondary N) is 1. The molecule has 0 spiro atoms.